The van der Waals surface area contributed by atoms with Crippen molar-refractivity contribution >= 4 is 17.3 Å². The van der Waals surface area contributed by atoms with Gasteiger partial charge in [0, 0.05) is 49.7 Å². The lowest BCUT2D eigenvalue weighted by Crippen LogP contribution is -2.45. The summed E-state index contributed by atoms with van der Waals surface area (Å²) in [6.07, 6.45) is 0. The van der Waals surface area contributed by atoms with E-state index in [9.17, 15) is 4.79 Å². The number of hydrogen-bond donors (Lipinski definition) is 1. The second-order valence-electron chi connectivity index (χ2n) is 8.66. The van der Waals surface area contributed by atoms with Crippen molar-refractivity contribution < 1.29 is 4.79 Å². The first-order valence-electron chi connectivity index (χ1n) is 11.8. The van der Waals surface area contributed by atoms with Crippen molar-refractivity contribution in [3.63, 3.8) is 0 Å². The lowest BCUT2D eigenvalue weighted by molar-refractivity contribution is 0.102. The van der Waals surface area contributed by atoms with Gasteiger partial charge in [0.15, 0.2) is 0 Å². The van der Waals surface area contributed by atoms with Crippen molar-refractivity contribution in [2.75, 3.05) is 36.4 Å². The fourth-order valence-electron chi connectivity index (χ4n) is 4.51. The molecule has 1 aliphatic rings. The van der Waals surface area contributed by atoms with Crippen LogP contribution in [0.4, 0.5) is 11.4 Å². The fourth-order valence-corrected chi connectivity index (χ4v) is 4.51. The molecule has 4 heteroatoms. The largest absolute Gasteiger partial charge is 0.369 e. The van der Waals surface area contributed by atoms with Gasteiger partial charge in [-0.25, -0.2) is 0 Å². The standard InChI is InChI=1S/C30H29N3O/c34-30(29-14-8-7-13-28(29)25-11-5-2-6-12-25)31-26-15-17-27(18-16-26)33-21-19-32(20-22-33)23-24-9-3-1-4-10-24/h1-18H,19-23H2,(H,31,34). The summed E-state index contributed by atoms with van der Waals surface area (Å²) in [5, 5.41) is 3.07. The highest BCUT2D eigenvalue weighted by Gasteiger charge is 2.18. The van der Waals surface area contributed by atoms with E-state index in [0.717, 1.165) is 49.5 Å². The summed E-state index contributed by atoms with van der Waals surface area (Å²) < 4.78 is 0. The lowest BCUT2D eigenvalue weighted by Gasteiger charge is -2.36. The average Bonchev–Trinajstić information content (AvgIpc) is 2.91. The van der Waals surface area contributed by atoms with Crippen molar-refractivity contribution in [3.05, 3.63) is 120 Å². The molecule has 0 aliphatic carbocycles. The van der Waals surface area contributed by atoms with Crippen molar-refractivity contribution in [2.24, 2.45) is 0 Å². The van der Waals surface area contributed by atoms with E-state index in [1.165, 1.54) is 11.3 Å². The maximum absolute atomic E-state index is 13.1. The molecule has 1 amide bonds. The van der Waals surface area contributed by atoms with Gasteiger partial charge in [0.05, 0.1) is 0 Å². The van der Waals surface area contributed by atoms with E-state index < -0.39 is 0 Å². The number of nitrogens with one attached hydrogen (secondary N) is 1. The van der Waals surface area contributed by atoms with Crippen LogP contribution in [0.25, 0.3) is 11.1 Å². The third-order valence-electron chi connectivity index (χ3n) is 6.37. The molecule has 0 atom stereocenters. The van der Waals surface area contributed by atoms with Gasteiger partial charge in [-0.1, -0.05) is 78.9 Å². The summed E-state index contributed by atoms with van der Waals surface area (Å²) in [6, 6.07) is 36.6. The predicted molar refractivity (Wildman–Crippen MR) is 140 cm³/mol. The minimum Gasteiger partial charge on any atom is -0.369 e. The molecule has 0 radical (unpaired) electrons. The first-order valence-corrected chi connectivity index (χ1v) is 11.8. The molecule has 4 aromatic rings. The van der Waals surface area contributed by atoms with Crippen LogP contribution in [0, 0.1) is 0 Å². The summed E-state index contributed by atoms with van der Waals surface area (Å²) in [7, 11) is 0. The van der Waals surface area contributed by atoms with Crippen molar-refractivity contribution in [2.45, 2.75) is 6.54 Å². The van der Waals surface area contributed by atoms with E-state index in [4.69, 9.17) is 0 Å². The highest BCUT2D eigenvalue weighted by atomic mass is 16.1. The Kier molecular flexibility index (Phi) is 6.68. The van der Waals surface area contributed by atoms with E-state index in [0.29, 0.717) is 5.56 Å². The van der Waals surface area contributed by atoms with Crippen molar-refractivity contribution in [3.8, 4) is 11.1 Å². The molecule has 0 spiro atoms. The summed E-state index contributed by atoms with van der Waals surface area (Å²) in [6.45, 7) is 5.10. The molecule has 0 aromatic heterocycles. The monoisotopic (exact) mass is 447 g/mol. The van der Waals surface area contributed by atoms with Crippen LogP contribution in [0.15, 0.2) is 109 Å². The van der Waals surface area contributed by atoms with Crippen LogP contribution >= 0.6 is 0 Å². The van der Waals surface area contributed by atoms with Crippen LogP contribution in [0.5, 0.6) is 0 Å². The maximum atomic E-state index is 13.1. The Morgan fingerprint density at radius 2 is 1.29 bits per heavy atom. The predicted octanol–water partition coefficient (Wildman–Crippen LogP) is 5.93. The van der Waals surface area contributed by atoms with Gasteiger partial charge >= 0.3 is 0 Å². The molecule has 1 N–H and O–H groups in total. The molecule has 34 heavy (non-hydrogen) atoms. The Morgan fingerprint density at radius 3 is 2.00 bits per heavy atom. The molecule has 1 fully saturated rings. The highest BCUT2D eigenvalue weighted by molar-refractivity contribution is 6.08. The Bertz CT molecular complexity index is 1210. The molecule has 0 unspecified atom stereocenters. The first kappa shape index (κ1) is 21.9. The smallest absolute Gasteiger partial charge is 0.256 e. The van der Waals surface area contributed by atoms with Crippen LogP contribution in [0.1, 0.15) is 15.9 Å². The number of piperazine rings is 1. The van der Waals surface area contributed by atoms with Crippen LogP contribution in [0.3, 0.4) is 0 Å². The Labute approximate surface area is 201 Å². The van der Waals surface area contributed by atoms with E-state index >= 15 is 0 Å². The highest BCUT2D eigenvalue weighted by Crippen LogP contribution is 2.25. The normalized spacial score (nSPS) is 14.1. The third kappa shape index (κ3) is 5.19. The van der Waals surface area contributed by atoms with Gasteiger partial charge in [0.25, 0.3) is 5.91 Å². The van der Waals surface area contributed by atoms with E-state index in [-0.39, 0.29) is 5.91 Å². The molecule has 1 heterocycles. The summed E-state index contributed by atoms with van der Waals surface area (Å²) in [5.41, 5.74) is 6.01. The second kappa shape index (κ2) is 10.4. The van der Waals surface area contributed by atoms with E-state index in [1.54, 1.807) is 0 Å². The van der Waals surface area contributed by atoms with E-state index in [2.05, 4.69) is 57.6 Å². The molecule has 1 aliphatic heterocycles. The van der Waals surface area contributed by atoms with Gasteiger partial charge in [-0.15, -0.1) is 0 Å². The topological polar surface area (TPSA) is 35.6 Å². The molecule has 4 nitrogen and oxygen atoms in total. The average molecular weight is 448 g/mol. The number of hydrogen-bond acceptors (Lipinski definition) is 3. The van der Waals surface area contributed by atoms with Gasteiger partial charge in [-0.05, 0) is 47.0 Å². The zero-order valence-corrected chi connectivity index (χ0v) is 19.2. The molecule has 5 rings (SSSR count). The Morgan fingerprint density at radius 1 is 0.676 bits per heavy atom. The number of carbonyl (C=O) groups is 1. The van der Waals surface area contributed by atoms with Crippen LogP contribution in [-0.2, 0) is 6.54 Å². The SMILES string of the molecule is O=C(Nc1ccc(N2CCN(Cc3ccccc3)CC2)cc1)c1ccccc1-c1ccccc1. The number of carbonyl (C=O) groups excluding carboxylic acids is 1. The van der Waals surface area contributed by atoms with Crippen LogP contribution in [0.2, 0.25) is 0 Å². The van der Waals surface area contributed by atoms with Crippen LogP contribution < -0.4 is 10.2 Å². The first-order chi connectivity index (χ1) is 16.8. The molecule has 170 valence electrons. The van der Waals surface area contributed by atoms with Gasteiger partial charge in [-0.2, -0.15) is 0 Å². The molecule has 0 saturated carbocycles. The summed E-state index contributed by atoms with van der Waals surface area (Å²) in [5.74, 6) is -0.0956. The number of rotatable bonds is 6. The number of nitrogens with zero attached hydrogens (tertiary/aromatic N) is 2. The Balaban J connectivity index is 1.20. The third-order valence-corrected chi connectivity index (χ3v) is 6.37. The lowest BCUT2D eigenvalue weighted by atomic mass is 9.99. The summed E-state index contributed by atoms with van der Waals surface area (Å²) in [4.78, 5) is 18.0. The number of anilines is 2. The minimum absolute atomic E-state index is 0.0956. The number of benzene rings is 4. The van der Waals surface area contributed by atoms with Crippen molar-refractivity contribution in [1.29, 1.82) is 0 Å². The summed E-state index contributed by atoms with van der Waals surface area (Å²) >= 11 is 0. The van der Waals surface area contributed by atoms with Crippen LogP contribution in [-0.4, -0.2) is 37.0 Å². The molecule has 1 saturated heterocycles. The van der Waals surface area contributed by atoms with Crippen molar-refractivity contribution in [1.82, 2.24) is 4.90 Å². The van der Waals surface area contributed by atoms with E-state index in [1.807, 2.05) is 66.7 Å². The zero-order valence-electron chi connectivity index (χ0n) is 19.2. The molecule has 4 aromatic carbocycles. The quantitative estimate of drug-likeness (QED) is 0.398. The van der Waals surface area contributed by atoms with Gasteiger partial charge < -0.3 is 10.2 Å². The number of amides is 1. The molecule has 0 bridgehead atoms. The van der Waals surface area contributed by atoms with Gasteiger partial charge in [-0.3, -0.25) is 9.69 Å². The second-order valence-corrected chi connectivity index (χ2v) is 8.66. The maximum Gasteiger partial charge on any atom is 0.256 e. The fraction of sp³-hybridized carbons (Fsp3) is 0.167. The minimum atomic E-state index is -0.0956. The van der Waals surface area contributed by atoms with Gasteiger partial charge in [0.2, 0.25) is 0 Å². The van der Waals surface area contributed by atoms with Gasteiger partial charge in [0.1, 0.15) is 0 Å². The Hall–Kier alpha value is -3.89. The zero-order chi connectivity index (χ0) is 23.2. The molecular formula is C30H29N3O. The molecular weight excluding hydrogens is 418 g/mol.